The fourth-order valence-electron chi connectivity index (χ4n) is 3.14. The molecule has 0 aliphatic heterocycles. The summed E-state index contributed by atoms with van der Waals surface area (Å²) in [5.41, 5.74) is 0. The van der Waals surface area contributed by atoms with E-state index in [1.165, 1.54) is 70.6 Å². The zero-order chi connectivity index (χ0) is 12.5. The summed E-state index contributed by atoms with van der Waals surface area (Å²) < 4.78 is 0. The summed E-state index contributed by atoms with van der Waals surface area (Å²) >= 11 is 3.80. The largest absolute Gasteiger partial charge is 0.0888 e. The first-order valence-electron chi connectivity index (χ1n) is 7.89. The van der Waals surface area contributed by atoms with Gasteiger partial charge in [-0.1, -0.05) is 87.6 Å². The third-order valence-corrected chi connectivity index (χ3v) is 5.85. The average Bonchev–Trinajstić information content (AvgIpc) is 2.64. The van der Waals surface area contributed by atoms with Crippen molar-refractivity contribution in [1.82, 2.24) is 0 Å². The molecule has 1 rings (SSSR count). The summed E-state index contributed by atoms with van der Waals surface area (Å²) in [7, 11) is 0. The molecule has 3 atom stereocenters. The second kappa shape index (κ2) is 9.42. The molecule has 1 aliphatic carbocycles. The van der Waals surface area contributed by atoms with Crippen molar-refractivity contribution >= 4 is 15.9 Å². The molecule has 0 aromatic heterocycles. The van der Waals surface area contributed by atoms with Crippen LogP contribution < -0.4 is 0 Å². The maximum absolute atomic E-state index is 3.80. The molecular formula is C16H31Br. The molecular weight excluding hydrogens is 272 g/mol. The first kappa shape index (κ1) is 15.5. The van der Waals surface area contributed by atoms with Crippen LogP contribution in [-0.2, 0) is 0 Å². The quantitative estimate of drug-likeness (QED) is 0.345. The smallest absolute Gasteiger partial charge is 0.0174 e. The maximum Gasteiger partial charge on any atom is 0.0174 e. The van der Waals surface area contributed by atoms with E-state index in [0.29, 0.717) is 0 Å². The number of unbranched alkanes of at least 4 members (excludes halogenated alkanes) is 7. The fourth-order valence-corrected chi connectivity index (χ4v) is 3.84. The van der Waals surface area contributed by atoms with E-state index in [2.05, 4.69) is 29.8 Å². The van der Waals surface area contributed by atoms with Gasteiger partial charge in [0.05, 0.1) is 0 Å². The van der Waals surface area contributed by atoms with Gasteiger partial charge in [0, 0.05) is 4.83 Å². The zero-order valence-corrected chi connectivity index (χ0v) is 13.5. The Morgan fingerprint density at radius 3 is 2.00 bits per heavy atom. The lowest BCUT2D eigenvalue weighted by molar-refractivity contribution is 0.378. The van der Waals surface area contributed by atoms with Crippen molar-refractivity contribution in [1.29, 1.82) is 0 Å². The Hall–Kier alpha value is 0.480. The summed E-state index contributed by atoms with van der Waals surface area (Å²) in [6.07, 6.45) is 16.0. The van der Waals surface area contributed by atoms with Gasteiger partial charge in [-0.05, 0) is 24.7 Å². The van der Waals surface area contributed by atoms with Crippen LogP contribution in [0.2, 0.25) is 0 Å². The molecule has 0 aromatic carbocycles. The van der Waals surface area contributed by atoms with E-state index in [1.54, 1.807) is 0 Å². The van der Waals surface area contributed by atoms with Crippen molar-refractivity contribution in [3.05, 3.63) is 0 Å². The normalized spacial score (nSPS) is 28.8. The molecule has 1 aliphatic rings. The van der Waals surface area contributed by atoms with Gasteiger partial charge < -0.3 is 0 Å². The topological polar surface area (TPSA) is 0 Å². The van der Waals surface area contributed by atoms with Crippen LogP contribution in [0.25, 0.3) is 0 Å². The van der Waals surface area contributed by atoms with Gasteiger partial charge in [-0.3, -0.25) is 0 Å². The van der Waals surface area contributed by atoms with Gasteiger partial charge in [-0.25, -0.2) is 0 Å². The summed E-state index contributed by atoms with van der Waals surface area (Å²) in [6.45, 7) is 4.72. The Balaban J connectivity index is 1.87. The lowest BCUT2D eigenvalue weighted by atomic mass is 9.92. The molecule has 1 saturated carbocycles. The van der Waals surface area contributed by atoms with E-state index < -0.39 is 0 Å². The molecule has 17 heavy (non-hydrogen) atoms. The standard InChI is InChI=1S/C16H31Br/c1-3-4-5-6-7-8-9-10-11-15-12-13-16(17)14(15)2/h14-16H,3-13H2,1-2H3. The van der Waals surface area contributed by atoms with E-state index >= 15 is 0 Å². The minimum absolute atomic E-state index is 0.807. The summed E-state index contributed by atoms with van der Waals surface area (Å²) in [6, 6.07) is 0. The van der Waals surface area contributed by atoms with Gasteiger partial charge in [0.2, 0.25) is 0 Å². The van der Waals surface area contributed by atoms with E-state index in [0.717, 1.165) is 16.7 Å². The third kappa shape index (κ3) is 6.27. The van der Waals surface area contributed by atoms with Crippen molar-refractivity contribution in [3.63, 3.8) is 0 Å². The molecule has 1 fully saturated rings. The molecule has 0 N–H and O–H groups in total. The summed E-state index contributed by atoms with van der Waals surface area (Å²) in [4.78, 5) is 0.807. The third-order valence-electron chi connectivity index (χ3n) is 4.56. The predicted octanol–water partition coefficient (Wildman–Crippen LogP) is 6.33. The molecule has 0 nitrogen and oxygen atoms in total. The maximum atomic E-state index is 3.80. The minimum atomic E-state index is 0.807. The molecule has 0 radical (unpaired) electrons. The van der Waals surface area contributed by atoms with Crippen molar-refractivity contribution in [2.75, 3.05) is 0 Å². The van der Waals surface area contributed by atoms with Crippen LogP contribution >= 0.6 is 15.9 Å². The zero-order valence-electron chi connectivity index (χ0n) is 11.9. The van der Waals surface area contributed by atoms with Gasteiger partial charge in [0.1, 0.15) is 0 Å². The molecule has 3 unspecified atom stereocenters. The number of alkyl halides is 1. The highest BCUT2D eigenvalue weighted by Gasteiger charge is 2.29. The fraction of sp³-hybridized carbons (Fsp3) is 1.00. The number of hydrogen-bond acceptors (Lipinski definition) is 0. The van der Waals surface area contributed by atoms with Crippen LogP contribution in [0.4, 0.5) is 0 Å². The van der Waals surface area contributed by atoms with E-state index in [-0.39, 0.29) is 0 Å². The number of hydrogen-bond donors (Lipinski definition) is 0. The molecule has 0 heterocycles. The lowest BCUT2D eigenvalue weighted by Gasteiger charge is -2.16. The Bertz CT molecular complexity index is 178. The predicted molar refractivity (Wildman–Crippen MR) is 81.8 cm³/mol. The van der Waals surface area contributed by atoms with Crippen molar-refractivity contribution < 1.29 is 0 Å². The van der Waals surface area contributed by atoms with E-state index in [1.807, 2.05) is 0 Å². The number of rotatable bonds is 9. The van der Waals surface area contributed by atoms with Crippen LogP contribution in [0.5, 0.6) is 0 Å². The molecule has 0 spiro atoms. The minimum Gasteiger partial charge on any atom is -0.0888 e. The Morgan fingerprint density at radius 2 is 1.47 bits per heavy atom. The molecule has 1 heteroatoms. The summed E-state index contributed by atoms with van der Waals surface area (Å²) in [5, 5.41) is 0. The molecule has 102 valence electrons. The van der Waals surface area contributed by atoms with Gasteiger partial charge in [0.15, 0.2) is 0 Å². The Labute approximate surface area is 117 Å². The van der Waals surface area contributed by atoms with Crippen molar-refractivity contribution in [2.45, 2.75) is 89.3 Å². The average molecular weight is 303 g/mol. The summed E-state index contributed by atoms with van der Waals surface area (Å²) in [5.74, 6) is 1.93. The second-order valence-corrected chi connectivity index (χ2v) is 7.15. The first-order valence-corrected chi connectivity index (χ1v) is 8.81. The molecule has 0 bridgehead atoms. The molecule has 0 aromatic rings. The van der Waals surface area contributed by atoms with Gasteiger partial charge >= 0.3 is 0 Å². The van der Waals surface area contributed by atoms with Crippen molar-refractivity contribution in [3.8, 4) is 0 Å². The number of halogens is 1. The van der Waals surface area contributed by atoms with Gasteiger partial charge in [0.25, 0.3) is 0 Å². The Kier molecular flexibility index (Phi) is 8.61. The SMILES string of the molecule is CCCCCCCCCCC1CCC(Br)C1C. The van der Waals surface area contributed by atoms with Crippen LogP contribution in [-0.4, -0.2) is 4.83 Å². The molecule has 0 saturated heterocycles. The lowest BCUT2D eigenvalue weighted by Crippen LogP contribution is -2.10. The van der Waals surface area contributed by atoms with Crippen LogP contribution in [0.3, 0.4) is 0 Å². The van der Waals surface area contributed by atoms with Crippen LogP contribution in [0, 0.1) is 11.8 Å². The first-order chi connectivity index (χ1) is 8.25. The highest BCUT2D eigenvalue weighted by atomic mass is 79.9. The van der Waals surface area contributed by atoms with E-state index in [9.17, 15) is 0 Å². The second-order valence-electron chi connectivity index (χ2n) is 5.98. The highest BCUT2D eigenvalue weighted by molar-refractivity contribution is 9.09. The monoisotopic (exact) mass is 302 g/mol. The van der Waals surface area contributed by atoms with Gasteiger partial charge in [-0.15, -0.1) is 0 Å². The van der Waals surface area contributed by atoms with E-state index in [4.69, 9.17) is 0 Å². The highest BCUT2D eigenvalue weighted by Crippen LogP contribution is 2.39. The van der Waals surface area contributed by atoms with Crippen molar-refractivity contribution in [2.24, 2.45) is 11.8 Å². The van der Waals surface area contributed by atoms with Crippen LogP contribution in [0.1, 0.15) is 84.5 Å². The van der Waals surface area contributed by atoms with Gasteiger partial charge in [-0.2, -0.15) is 0 Å². The Morgan fingerprint density at radius 1 is 0.882 bits per heavy atom. The van der Waals surface area contributed by atoms with Crippen LogP contribution in [0.15, 0.2) is 0 Å². The molecule has 0 amide bonds.